The van der Waals surface area contributed by atoms with E-state index in [0.717, 1.165) is 32.2 Å². The number of pyridine rings is 1. The van der Waals surface area contributed by atoms with Gasteiger partial charge in [-0.05, 0) is 31.9 Å². The van der Waals surface area contributed by atoms with Gasteiger partial charge in [0, 0.05) is 35.6 Å². The second-order valence-corrected chi connectivity index (χ2v) is 8.27. The van der Waals surface area contributed by atoms with Gasteiger partial charge in [-0.1, -0.05) is 0 Å². The molecule has 2 unspecified atom stereocenters. The highest BCUT2D eigenvalue weighted by Gasteiger charge is 2.30. The highest BCUT2D eigenvalue weighted by Crippen LogP contribution is 2.47. The number of rotatable bonds is 2. The lowest BCUT2D eigenvalue weighted by Gasteiger charge is -2.26. The normalized spacial score (nSPS) is 20.1. The minimum atomic E-state index is -0.0497. The van der Waals surface area contributed by atoms with Gasteiger partial charge >= 0.3 is 0 Å². The molecule has 4 rings (SSSR count). The van der Waals surface area contributed by atoms with Crippen molar-refractivity contribution >= 4 is 43.8 Å². The molecular weight excluding hydrogens is 340 g/mol. The predicted molar refractivity (Wildman–Crippen MR) is 99.7 cm³/mol. The number of hydrogen-bond donors (Lipinski definition) is 2. The molecule has 2 atom stereocenters. The molecule has 0 aromatic carbocycles. The monoisotopic (exact) mass is 358 g/mol. The summed E-state index contributed by atoms with van der Waals surface area (Å²) in [5.74, 6) is -0.0497. The van der Waals surface area contributed by atoms with E-state index in [0.29, 0.717) is 6.04 Å². The SMILES string of the molecule is CC(=O)Nc1sc2c(c1-c1nc3cnccc3s1)CC(C)NC2C. The van der Waals surface area contributed by atoms with Crippen molar-refractivity contribution in [3.05, 3.63) is 28.9 Å². The van der Waals surface area contributed by atoms with E-state index in [-0.39, 0.29) is 11.9 Å². The van der Waals surface area contributed by atoms with E-state index in [4.69, 9.17) is 4.98 Å². The van der Waals surface area contributed by atoms with Crippen LogP contribution in [0.5, 0.6) is 0 Å². The highest BCUT2D eigenvalue weighted by molar-refractivity contribution is 7.23. The van der Waals surface area contributed by atoms with E-state index >= 15 is 0 Å². The van der Waals surface area contributed by atoms with E-state index in [1.165, 1.54) is 10.4 Å². The van der Waals surface area contributed by atoms with Gasteiger partial charge in [0.1, 0.15) is 15.5 Å². The number of fused-ring (bicyclic) bond motifs is 2. The van der Waals surface area contributed by atoms with Crippen LogP contribution in [0, 0.1) is 0 Å². The molecule has 124 valence electrons. The molecule has 1 aliphatic heterocycles. The van der Waals surface area contributed by atoms with Crippen LogP contribution in [0.25, 0.3) is 20.8 Å². The Morgan fingerprint density at radius 2 is 2.21 bits per heavy atom. The van der Waals surface area contributed by atoms with Gasteiger partial charge < -0.3 is 10.6 Å². The Labute approximate surface area is 148 Å². The summed E-state index contributed by atoms with van der Waals surface area (Å²) in [7, 11) is 0. The fraction of sp³-hybridized carbons (Fsp3) is 0.353. The molecular formula is C17H18N4OS2. The lowest BCUT2D eigenvalue weighted by molar-refractivity contribution is -0.114. The fourth-order valence-electron chi connectivity index (χ4n) is 3.26. The van der Waals surface area contributed by atoms with Gasteiger partial charge in [0.2, 0.25) is 5.91 Å². The lowest BCUT2D eigenvalue weighted by Crippen LogP contribution is -2.35. The molecule has 3 aromatic rings. The van der Waals surface area contributed by atoms with Crippen molar-refractivity contribution in [2.45, 2.75) is 39.3 Å². The molecule has 3 aromatic heterocycles. The van der Waals surface area contributed by atoms with Crippen molar-refractivity contribution in [1.29, 1.82) is 0 Å². The average molecular weight is 358 g/mol. The zero-order chi connectivity index (χ0) is 16.8. The first kappa shape index (κ1) is 15.7. The van der Waals surface area contributed by atoms with Gasteiger partial charge in [-0.15, -0.1) is 22.7 Å². The molecule has 0 spiro atoms. The van der Waals surface area contributed by atoms with E-state index in [2.05, 4.69) is 29.5 Å². The standard InChI is InChI=1S/C17H18N4OS2/c1-8-6-11-14(17-21-12-7-18-5-4-13(12)23-17)16(20-10(3)22)24-15(11)9(2)19-8/h4-5,7-9,19H,6H2,1-3H3,(H,20,22). The Hall–Kier alpha value is -1.83. The maximum absolute atomic E-state index is 11.7. The van der Waals surface area contributed by atoms with E-state index in [9.17, 15) is 4.79 Å². The Balaban J connectivity index is 1.93. The molecule has 2 N–H and O–H groups in total. The van der Waals surface area contributed by atoms with Crippen LogP contribution in [-0.2, 0) is 11.2 Å². The van der Waals surface area contributed by atoms with Crippen LogP contribution in [0.4, 0.5) is 5.00 Å². The van der Waals surface area contributed by atoms with E-state index in [1.807, 2.05) is 6.07 Å². The number of anilines is 1. The van der Waals surface area contributed by atoms with Crippen LogP contribution in [0.2, 0.25) is 0 Å². The zero-order valence-electron chi connectivity index (χ0n) is 13.7. The highest BCUT2D eigenvalue weighted by atomic mass is 32.1. The quantitative estimate of drug-likeness (QED) is 0.727. The van der Waals surface area contributed by atoms with E-state index in [1.54, 1.807) is 42.0 Å². The smallest absolute Gasteiger partial charge is 0.221 e. The summed E-state index contributed by atoms with van der Waals surface area (Å²) >= 11 is 3.32. The molecule has 0 bridgehead atoms. The summed E-state index contributed by atoms with van der Waals surface area (Å²) in [6.45, 7) is 5.92. The zero-order valence-corrected chi connectivity index (χ0v) is 15.3. The van der Waals surface area contributed by atoms with Crippen LogP contribution < -0.4 is 10.6 Å². The third-order valence-electron chi connectivity index (χ3n) is 4.17. The summed E-state index contributed by atoms with van der Waals surface area (Å²) in [4.78, 5) is 21.9. The van der Waals surface area contributed by atoms with Crippen molar-refractivity contribution in [3.8, 4) is 10.6 Å². The Morgan fingerprint density at radius 3 is 2.96 bits per heavy atom. The second kappa shape index (κ2) is 5.91. The third-order valence-corrected chi connectivity index (χ3v) is 6.55. The van der Waals surface area contributed by atoms with Gasteiger partial charge in [-0.25, -0.2) is 4.98 Å². The van der Waals surface area contributed by atoms with Gasteiger partial charge in [-0.2, -0.15) is 0 Å². The van der Waals surface area contributed by atoms with Crippen molar-refractivity contribution in [3.63, 3.8) is 0 Å². The summed E-state index contributed by atoms with van der Waals surface area (Å²) in [5, 5.41) is 8.45. The number of amides is 1. The summed E-state index contributed by atoms with van der Waals surface area (Å²) in [6, 6.07) is 2.67. The Bertz CT molecular complexity index is 897. The minimum Gasteiger partial charge on any atom is -0.317 e. The van der Waals surface area contributed by atoms with Crippen LogP contribution >= 0.6 is 22.7 Å². The number of thiophene rings is 1. The lowest BCUT2D eigenvalue weighted by atomic mass is 9.95. The number of nitrogens with zero attached hydrogens (tertiary/aromatic N) is 2. The van der Waals surface area contributed by atoms with Crippen molar-refractivity contribution in [2.75, 3.05) is 5.32 Å². The Morgan fingerprint density at radius 1 is 1.38 bits per heavy atom. The maximum Gasteiger partial charge on any atom is 0.221 e. The van der Waals surface area contributed by atoms with Crippen molar-refractivity contribution in [2.24, 2.45) is 0 Å². The predicted octanol–water partition coefficient (Wildman–Crippen LogP) is 3.97. The van der Waals surface area contributed by atoms with E-state index < -0.39 is 0 Å². The molecule has 0 saturated heterocycles. The number of carbonyl (C=O) groups is 1. The molecule has 1 amide bonds. The molecule has 5 nitrogen and oxygen atoms in total. The van der Waals surface area contributed by atoms with Crippen LogP contribution in [0.3, 0.4) is 0 Å². The van der Waals surface area contributed by atoms with Crippen LogP contribution in [0.1, 0.15) is 37.3 Å². The van der Waals surface area contributed by atoms with Crippen LogP contribution in [0.15, 0.2) is 18.5 Å². The number of hydrogen-bond acceptors (Lipinski definition) is 6. The molecule has 1 aliphatic rings. The first-order chi connectivity index (χ1) is 11.5. The molecule has 24 heavy (non-hydrogen) atoms. The average Bonchev–Trinajstić information content (AvgIpc) is 3.07. The summed E-state index contributed by atoms with van der Waals surface area (Å²) in [6.07, 6.45) is 4.52. The van der Waals surface area contributed by atoms with Gasteiger partial charge in [0.15, 0.2) is 0 Å². The Kier molecular flexibility index (Phi) is 3.86. The first-order valence-corrected chi connectivity index (χ1v) is 9.56. The molecule has 4 heterocycles. The van der Waals surface area contributed by atoms with Gasteiger partial charge in [-0.3, -0.25) is 9.78 Å². The molecule has 0 saturated carbocycles. The minimum absolute atomic E-state index is 0.0497. The number of thiazole rings is 1. The number of nitrogens with one attached hydrogen (secondary N) is 2. The molecule has 0 radical (unpaired) electrons. The van der Waals surface area contributed by atoms with Crippen molar-refractivity contribution < 1.29 is 4.79 Å². The second-order valence-electron chi connectivity index (χ2n) is 6.19. The summed E-state index contributed by atoms with van der Waals surface area (Å²) in [5.41, 5.74) is 3.31. The topological polar surface area (TPSA) is 66.9 Å². The third kappa shape index (κ3) is 2.62. The maximum atomic E-state index is 11.7. The molecule has 0 fully saturated rings. The van der Waals surface area contributed by atoms with Crippen molar-refractivity contribution in [1.82, 2.24) is 15.3 Å². The molecule has 0 aliphatic carbocycles. The van der Waals surface area contributed by atoms with Gasteiger partial charge in [0.05, 0.1) is 10.9 Å². The fourth-order valence-corrected chi connectivity index (χ4v) is 5.63. The molecule has 7 heteroatoms. The van der Waals surface area contributed by atoms with Crippen LogP contribution in [-0.4, -0.2) is 21.9 Å². The number of carbonyl (C=O) groups excluding carboxylic acids is 1. The summed E-state index contributed by atoms with van der Waals surface area (Å²) < 4.78 is 1.11. The van der Waals surface area contributed by atoms with Gasteiger partial charge in [0.25, 0.3) is 0 Å². The first-order valence-electron chi connectivity index (χ1n) is 7.93. The largest absolute Gasteiger partial charge is 0.317 e. The number of aromatic nitrogens is 2.